The summed E-state index contributed by atoms with van der Waals surface area (Å²) >= 11 is 0. The molecule has 1 unspecified atom stereocenters. The van der Waals surface area contributed by atoms with Crippen LogP contribution < -0.4 is 5.32 Å². The van der Waals surface area contributed by atoms with E-state index in [0.29, 0.717) is 6.42 Å². The molecule has 0 radical (unpaired) electrons. The van der Waals surface area contributed by atoms with Crippen molar-refractivity contribution in [3.63, 3.8) is 0 Å². The number of aliphatic hydroxyl groups is 1. The van der Waals surface area contributed by atoms with Crippen molar-refractivity contribution >= 4 is 5.91 Å². The number of rotatable bonds is 5. The number of carbonyl (C=O) groups is 1. The van der Waals surface area contributed by atoms with Crippen molar-refractivity contribution in [3.05, 3.63) is 33.4 Å². The second-order valence-corrected chi connectivity index (χ2v) is 5.74. The Kier molecular flexibility index (Phi) is 5.75. The maximum Gasteiger partial charge on any atom is 0.252 e. The summed E-state index contributed by atoms with van der Waals surface area (Å²) in [6.45, 7) is 12.4. The SMILES string of the molecule is Cc1c(C)c(C)c(C(=O)NC(C)CCCO)c(C)c1C. The number of hydrogen-bond acceptors (Lipinski definition) is 2. The van der Waals surface area contributed by atoms with Crippen LogP contribution in [0.3, 0.4) is 0 Å². The zero-order valence-corrected chi connectivity index (χ0v) is 13.6. The highest BCUT2D eigenvalue weighted by atomic mass is 16.2. The summed E-state index contributed by atoms with van der Waals surface area (Å²) in [6.07, 6.45) is 1.51. The van der Waals surface area contributed by atoms with Crippen LogP contribution in [0.2, 0.25) is 0 Å². The average Bonchev–Trinajstić information content (AvgIpc) is 2.40. The molecule has 0 bridgehead atoms. The van der Waals surface area contributed by atoms with Crippen molar-refractivity contribution in [3.8, 4) is 0 Å². The minimum absolute atomic E-state index is 0.00311. The molecule has 0 aromatic heterocycles. The van der Waals surface area contributed by atoms with Gasteiger partial charge in [0.15, 0.2) is 0 Å². The number of amides is 1. The maximum atomic E-state index is 12.5. The van der Waals surface area contributed by atoms with Crippen LogP contribution in [0.15, 0.2) is 0 Å². The lowest BCUT2D eigenvalue weighted by atomic mass is 9.89. The monoisotopic (exact) mass is 277 g/mol. The van der Waals surface area contributed by atoms with E-state index in [-0.39, 0.29) is 18.6 Å². The van der Waals surface area contributed by atoms with Crippen LogP contribution in [-0.4, -0.2) is 23.7 Å². The summed E-state index contributed by atoms with van der Waals surface area (Å²) < 4.78 is 0. The second-order valence-electron chi connectivity index (χ2n) is 5.74. The Morgan fingerprint density at radius 1 is 1.00 bits per heavy atom. The molecule has 20 heavy (non-hydrogen) atoms. The first-order chi connectivity index (χ1) is 9.31. The van der Waals surface area contributed by atoms with Crippen molar-refractivity contribution < 1.29 is 9.90 Å². The lowest BCUT2D eigenvalue weighted by Gasteiger charge is -2.20. The van der Waals surface area contributed by atoms with Crippen LogP contribution >= 0.6 is 0 Å². The second kappa shape index (κ2) is 6.89. The molecule has 1 amide bonds. The molecule has 0 aliphatic carbocycles. The van der Waals surface area contributed by atoms with E-state index in [4.69, 9.17) is 5.11 Å². The summed E-state index contributed by atoms with van der Waals surface area (Å²) in [7, 11) is 0. The van der Waals surface area contributed by atoms with Crippen molar-refractivity contribution in [1.82, 2.24) is 5.32 Å². The Morgan fingerprint density at radius 3 is 1.90 bits per heavy atom. The first kappa shape index (κ1) is 16.7. The smallest absolute Gasteiger partial charge is 0.252 e. The van der Waals surface area contributed by atoms with Crippen LogP contribution in [0.5, 0.6) is 0 Å². The molecule has 0 heterocycles. The summed E-state index contributed by atoms with van der Waals surface area (Å²) in [6, 6.07) is 0.0790. The predicted octanol–water partition coefficient (Wildman–Crippen LogP) is 3.12. The van der Waals surface area contributed by atoms with Crippen molar-refractivity contribution in [2.24, 2.45) is 0 Å². The van der Waals surface area contributed by atoms with Crippen LogP contribution in [0.25, 0.3) is 0 Å². The molecule has 0 saturated heterocycles. The highest BCUT2D eigenvalue weighted by molar-refractivity contribution is 5.98. The van der Waals surface area contributed by atoms with Crippen LogP contribution in [0.1, 0.15) is 57.9 Å². The molecule has 1 aromatic rings. The summed E-state index contributed by atoms with van der Waals surface area (Å²) in [5.74, 6) is -0.00311. The van der Waals surface area contributed by atoms with Gasteiger partial charge in [-0.25, -0.2) is 0 Å². The van der Waals surface area contributed by atoms with Crippen molar-refractivity contribution in [2.75, 3.05) is 6.61 Å². The van der Waals surface area contributed by atoms with Gasteiger partial charge in [-0.3, -0.25) is 4.79 Å². The van der Waals surface area contributed by atoms with E-state index >= 15 is 0 Å². The standard InChI is InChI=1S/C17H27NO2/c1-10(8-7-9-19)18-17(20)16-14(5)12(3)11(2)13(4)15(16)6/h10,19H,7-9H2,1-6H3,(H,18,20). The van der Waals surface area contributed by atoms with E-state index in [1.165, 1.54) is 16.7 Å². The molecule has 1 rings (SSSR count). The van der Waals surface area contributed by atoms with Crippen molar-refractivity contribution in [1.29, 1.82) is 0 Å². The molecule has 0 saturated carbocycles. The maximum absolute atomic E-state index is 12.5. The third kappa shape index (κ3) is 3.40. The molecule has 0 fully saturated rings. The van der Waals surface area contributed by atoms with Gasteiger partial charge in [-0.2, -0.15) is 0 Å². The first-order valence-corrected chi connectivity index (χ1v) is 7.29. The lowest BCUT2D eigenvalue weighted by Crippen LogP contribution is -2.34. The van der Waals surface area contributed by atoms with Gasteiger partial charge in [0.1, 0.15) is 0 Å². The quantitative estimate of drug-likeness (QED) is 0.868. The Hall–Kier alpha value is -1.35. The van der Waals surface area contributed by atoms with E-state index in [1.54, 1.807) is 0 Å². The van der Waals surface area contributed by atoms with Gasteiger partial charge < -0.3 is 10.4 Å². The molecule has 0 spiro atoms. The third-order valence-electron chi connectivity index (χ3n) is 4.40. The molecule has 2 N–H and O–H groups in total. The molecular weight excluding hydrogens is 250 g/mol. The fraction of sp³-hybridized carbons (Fsp3) is 0.588. The first-order valence-electron chi connectivity index (χ1n) is 7.29. The van der Waals surface area contributed by atoms with Crippen LogP contribution in [0, 0.1) is 34.6 Å². The van der Waals surface area contributed by atoms with Gasteiger partial charge >= 0.3 is 0 Å². The zero-order valence-electron chi connectivity index (χ0n) is 13.6. The summed E-state index contributed by atoms with van der Waals surface area (Å²) in [5.41, 5.74) is 6.60. The third-order valence-corrected chi connectivity index (χ3v) is 4.40. The lowest BCUT2D eigenvalue weighted by molar-refractivity contribution is 0.0935. The van der Waals surface area contributed by atoms with Gasteiger partial charge in [0.2, 0.25) is 0 Å². The predicted molar refractivity (Wildman–Crippen MR) is 83.4 cm³/mol. The van der Waals surface area contributed by atoms with E-state index in [2.05, 4.69) is 26.1 Å². The summed E-state index contributed by atoms with van der Waals surface area (Å²) in [5, 5.41) is 11.9. The van der Waals surface area contributed by atoms with Crippen LogP contribution in [-0.2, 0) is 0 Å². The highest BCUT2D eigenvalue weighted by Crippen LogP contribution is 2.26. The summed E-state index contributed by atoms with van der Waals surface area (Å²) in [4.78, 5) is 12.5. The normalized spacial score (nSPS) is 12.3. The number of nitrogens with one attached hydrogen (secondary N) is 1. The zero-order chi connectivity index (χ0) is 15.4. The Bertz CT molecular complexity index is 477. The van der Waals surface area contributed by atoms with Gasteiger partial charge in [-0.15, -0.1) is 0 Å². The van der Waals surface area contributed by atoms with Gasteiger partial charge in [-0.1, -0.05) is 0 Å². The Balaban J connectivity index is 3.05. The number of benzene rings is 1. The van der Waals surface area contributed by atoms with E-state index in [0.717, 1.165) is 23.1 Å². The Morgan fingerprint density at radius 2 is 1.45 bits per heavy atom. The molecule has 3 nitrogen and oxygen atoms in total. The topological polar surface area (TPSA) is 49.3 Å². The number of aliphatic hydroxyl groups excluding tert-OH is 1. The molecule has 112 valence electrons. The molecular formula is C17H27NO2. The van der Waals surface area contributed by atoms with Gasteiger partial charge in [0.25, 0.3) is 5.91 Å². The number of hydrogen-bond donors (Lipinski definition) is 2. The molecule has 0 aliphatic heterocycles. The molecule has 1 aromatic carbocycles. The minimum atomic E-state index is -0.00311. The van der Waals surface area contributed by atoms with E-state index < -0.39 is 0 Å². The van der Waals surface area contributed by atoms with Crippen molar-refractivity contribution in [2.45, 2.75) is 60.4 Å². The van der Waals surface area contributed by atoms with E-state index in [1.807, 2.05) is 20.8 Å². The van der Waals surface area contributed by atoms with E-state index in [9.17, 15) is 4.79 Å². The largest absolute Gasteiger partial charge is 0.396 e. The molecule has 3 heteroatoms. The van der Waals surface area contributed by atoms with Crippen LogP contribution in [0.4, 0.5) is 0 Å². The fourth-order valence-corrected chi connectivity index (χ4v) is 2.61. The highest BCUT2D eigenvalue weighted by Gasteiger charge is 2.19. The minimum Gasteiger partial charge on any atom is -0.396 e. The molecule has 0 aliphatic rings. The van der Waals surface area contributed by atoms with Gasteiger partial charge in [0, 0.05) is 18.2 Å². The average molecular weight is 277 g/mol. The Labute approximate surface area is 122 Å². The van der Waals surface area contributed by atoms with Gasteiger partial charge in [-0.05, 0) is 82.2 Å². The molecule has 1 atom stereocenters. The van der Waals surface area contributed by atoms with Gasteiger partial charge in [0.05, 0.1) is 0 Å². The number of carbonyl (C=O) groups excluding carboxylic acids is 1. The fourth-order valence-electron chi connectivity index (χ4n) is 2.61.